The Morgan fingerprint density at radius 2 is 0.855 bits per heavy atom. The van der Waals surface area contributed by atoms with Gasteiger partial charge in [-0.1, -0.05) is 77.1 Å². The van der Waals surface area contributed by atoms with Gasteiger partial charge in [-0.25, -0.2) is 20.0 Å². The largest absolute Gasteiger partial charge is 0.291 e. The molecule has 4 aromatic heterocycles. The predicted molar refractivity (Wildman–Crippen MR) is 311 cm³/mol. The summed E-state index contributed by atoms with van der Waals surface area (Å²) < 4.78 is 0. The van der Waals surface area contributed by atoms with E-state index in [9.17, 15) is 19.2 Å². The Balaban J connectivity index is 1.17. The van der Waals surface area contributed by atoms with Crippen LogP contribution in [-0.2, 0) is 19.2 Å². The van der Waals surface area contributed by atoms with E-state index in [4.69, 9.17) is 20.0 Å². The van der Waals surface area contributed by atoms with E-state index in [0.29, 0.717) is 69.8 Å². The summed E-state index contributed by atoms with van der Waals surface area (Å²) >= 11 is 0. The van der Waals surface area contributed by atoms with E-state index in [0.717, 1.165) is 0 Å². The quantitative estimate of drug-likeness (QED) is 0.0369. The van der Waals surface area contributed by atoms with E-state index < -0.39 is 5.92 Å². The number of hydrogen-bond acceptors (Lipinski definition) is 16. The van der Waals surface area contributed by atoms with Crippen molar-refractivity contribution >= 4 is 113 Å². The summed E-state index contributed by atoms with van der Waals surface area (Å²) in [6.07, 6.45) is 21.2. The van der Waals surface area contributed by atoms with Gasteiger partial charge in [0.15, 0.2) is 10.3 Å². The summed E-state index contributed by atoms with van der Waals surface area (Å²) in [7, 11) is 5.67. The third-order valence-corrected chi connectivity index (χ3v) is 17.0. The minimum absolute atomic E-state index is 0.194. The van der Waals surface area contributed by atoms with Gasteiger partial charge in [-0.3, -0.25) is 58.7 Å². The Labute approximate surface area is 458 Å². The molecular formula is C56H53N12O4S4. The van der Waals surface area contributed by atoms with Crippen molar-refractivity contribution in [3.63, 3.8) is 0 Å². The van der Waals surface area contributed by atoms with Gasteiger partial charge in [-0.15, -0.1) is 26.3 Å². The highest BCUT2D eigenvalue weighted by molar-refractivity contribution is 8.82. The standard InChI is InChI=1S/C56H53N12O4S4/c1-6-29-65-49(61-44(51(65)69)33-39-19-11-15-25-57-39)38(37-73-75-55-63-46(53(71)67(55)31-8-3)35-41-21-13-17-27-59-41)23-24-48(74-76-56-64-47(54(72)68(56)32-9-4)36-42-22-14-18-28-60-42)43(10-5)50-62-45(52(70)66(50)30-7-2)34-40-20-12-16-26-58-40/h6-9,11-22,25-28,33-36,38,43,48H,1-5,10,23-24,29-32,37H2/b44-33?,45-34-,46-35?,47-36-. The maximum absolute atomic E-state index is 14.3. The third-order valence-electron chi connectivity index (χ3n) is 11.8. The molecule has 0 saturated heterocycles. The van der Waals surface area contributed by atoms with Gasteiger partial charge in [-0.05, 0) is 114 Å². The first-order chi connectivity index (χ1) is 37.1. The summed E-state index contributed by atoms with van der Waals surface area (Å²) in [6, 6.07) is 21.8. The number of aliphatic imine (C=N–C) groups is 4. The number of aromatic nitrogens is 4. The lowest BCUT2D eigenvalue weighted by molar-refractivity contribution is -0.123. The van der Waals surface area contributed by atoms with E-state index in [1.165, 1.54) is 43.2 Å². The van der Waals surface area contributed by atoms with Gasteiger partial charge in [0.25, 0.3) is 23.6 Å². The Hall–Kier alpha value is -7.52. The molecule has 385 valence electrons. The molecule has 16 nitrogen and oxygen atoms in total. The molecule has 4 aliphatic heterocycles. The second kappa shape index (κ2) is 26.8. The van der Waals surface area contributed by atoms with Gasteiger partial charge in [0.1, 0.15) is 34.5 Å². The lowest BCUT2D eigenvalue weighted by Crippen LogP contribution is -2.41. The van der Waals surface area contributed by atoms with Crippen LogP contribution in [0.1, 0.15) is 42.0 Å². The van der Waals surface area contributed by atoms with Crippen molar-refractivity contribution in [1.82, 2.24) is 39.5 Å². The summed E-state index contributed by atoms with van der Waals surface area (Å²) in [5, 5.41) is 0.599. The molecule has 1 radical (unpaired) electrons. The molecule has 0 aliphatic carbocycles. The summed E-state index contributed by atoms with van der Waals surface area (Å²) in [6.45, 7) is 21.0. The van der Waals surface area contributed by atoms with Crippen LogP contribution in [0.15, 0.2) is 191 Å². The van der Waals surface area contributed by atoms with Gasteiger partial charge < -0.3 is 0 Å². The monoisotopic (exact) mass is 1090 g/mol. The average Bonchev–Trinajstić information content (AvgIpc) is 4.11. The van der Waals surface area contributed by atoms with Crippen molar-refractivity contribution in [3.05, 3.63) is 201 Å². The highest BCUT2D eigenvalue weighted by atomic mass is 33.1. The van der Waals surface area contributed by atoms with Crippen LogP contribution in [-0.4, -0.2) is 122 Å². The number of hydrogen-bond donors (Lipinski definition) is 0. The zero-order chi connectivity index (χ0) is 53.4. The van der Waals surface area contributed by atoms with Crippen LogP contribution >= 0.6 is 43.2 Å². The van der Waals surface area contributed by atoms with Crippen LogP contribution in [0.2, 0.25) is 0 Å². The first-order valence-corrected chi connectivity index (χ1v) is 28.7. The Morgan fingerprint density at radius 1 is 0.474 bits per heavy atom. The van der Waals surface area contributed by atoms with Crippen molar-refractivity contribution in [2.75, 3.05) is 31.9 Å². The van der Waals surface area contributed by atoms with Crippen LogP contribution in [0.5, 0.6) is 0 Å². The molecule has 0 aromatic carbocycles. The van der Waals surface area contributed by atoms with Crippen LogP contribution in [0.3, 0.4) is 0 Å². The molecular weight excluding hydrogens is 1030 g/mol. The second-order valence-electron chi connectivity index (χ2n) is 16.9. The first-order valence-electron chi connectivity index (χ1n) is 24.1. The number of rotatable bonds is 24. The molecule has 0 N–H and O–H groups in total. The number of carbonyl (C=O) groups is 4. The van der Waals surface area contributed by atoms with E-state index >= 15 is 0 Å². The molecule has 20 heteroatoms. The Kier molecular flexibility index (Phi) is 19.3. The highest BCUT2D eigenvalue weighted by Gasteiger charge is 2.41. The molecule has 3 unspecified atom stereocenters. The van der Waals surface area contributed by atoms with E-state index in [1.54, 1.807) is 135 Å². The van der Waals surface area contributed by atoms with Crippen molar-refractivity contribution in [1.29, 1.82) is 0 Å². The van der Waals surface area contributed by atoms with Crippen LogP contribution < -0.4 is 0 Å². The average molecular weight is 1090 g/mol. The van der Waals surface area contributed by atoms with Gasteiger partial charge in [0, 0.05) is 73.8 Å². The molecule has 76 heavy (non-hydrogen) atoms. The highest BCUT2D eigenvalue weighted by Crippen LogP contribution is 2.43. The zero-order valence-corrected chi connectivity index (χ0v) is 44.7. The lowest BCUT2D eigenvalue weighted by atomic mass is 9.92. The number of amides is 4. The molecule has 0 fully saturated rings. The van der Waals surface area contributed by atoms with E-state index in [-0.39, 0.29) is 83.8 Å². The number of carbonyl (C=O) groups excluding carboxylic acids is 4. The maximum atomic E-state index is 14.3. The van der Waals surface area contributed by atoms with Crippen molar-refractivity contribution in [2.45, 2.75) is 24.5 Å². The smallest absolute Gasteiger partial charge is 0.278 e. The molecule has 4 amide bonds. The molecule has 8 rings (SSSR count). The second-order valence-corrected chi connectivity index (χ2v) is 21.7. The fraction of sp³-hybridized carbons (Fsp3) is 0.196. The summed E-state index contributed by atoms with van der Waals surface area (Å²) in [5.74, 6) is -0.477. The topological polar surface area (TPSA) is 182 Å². The Morgan fingerprint density at radius 3 is 1.26 bits per heavy atom. The normalized spacial score (nSPS) is 18.9. The van der Waals surface area contributed by atoms with Gasteiger partial charge >= 0.3 is 0 Å². The van der Waals surface area contributed by atoms with Crippen molar-refractivity contribution < 1.29 is 19.2 Å². The molecule has 0 saturated carbocycles. The van der Waals surface area contributed by atoms with Crippen molar-refractivity contribution in [2.24, 2.45) is 31.8 Å². The predicted octanol–water partition coefficient (Wildman–Crippen LogP) is 9.72. The van der Waals surface area contributed by atoms with Gasteiger partial charge in [-0.2, -0.15) is 0 Å². The minimum Gasteiger partial charge on any atom is -0.291 e. The number of nitrogens with zero attached hydrogens (tertiary/aromatic N) is 12. The SMILES string of the molecule is [CH2]CC(C1=N/C(=C\c2ccccn2)C(=O)N1CC=C)C(CCC(CSSC1=NC(=Cc2ccccn2)C(=O)N1CC=C)C1=NC(=Cc2ccccn2)C(=O)N1CC=C)SSC1=N/C(=C\c2ccccn2)C(=O)N1CC=C. The first kappa shape index (κ1) is 54.7. The third kappa shape index (κ3) is 13.3. The molecule has 3 atom stereocenters. The van der Waals surface area contributed by atoms with Crippen molar-refractivity contribution in [3.8, 4) is 0 Å². The number of amidine groups is 4. The Bertz CT molecular complexity index is 3110. The lowest BCUT2D eigenvalue weighted by Gasteiger charge is -2.31. The van der Waals surface area contributed by atoms with Crippen LogP contribution in [0, 0.1) is 18.8 Å². The van der Waals surface area contributed by atoms with Crippen LogP contribution in [0.4, 0.5) is 0 Å². The fourth-order valence-corrected chi connectivity index (χ4v) is 13.6. The minimum atomic E-state index is -0.431. The number of pyridine rings is 4. The zero-order valence-electron chi connectivity index (χ0n) is 41.4. The molecule has 4 aliphatic rings. The molecule has 8 heterocycles. The molecule has 0 bridgehead atoms. The van der Waals surface area contributed by atoms with Crippen LogP contribution in [0.25, 0.3) is 24.3 Å². The summed E-state index contributed by atoms with van der Waals surface area (Å²) in [5.41, 5.74) is 3.28. The summed E-state index contributed by atoms with van der Waals surface area (Å²) in [4.78, 5) is 99.9. The van der Waals surface area contributed by atoms with E-state index in [2.05, 4.69) is 53.2 Å². The molecule has 4 aromatic rings. The van der Waals surface area contributed by atoms with Gasteiger partial charge in [0.2, 0.25) is 0 Å². The van der Waals surface area contributed by atoms with E-state index in [1.807, 2.05) is 30.3 Å². The fourth-order valence-electron chi connectivity index (χ4n) is 8.24. The van der Waals surface area contributed by atoms with Gasteiger partial charge in [0.05, 0.1) is 22.8 Å². The maximum Gasteiger partial charge on any atom is 0.278 e. The molecule has 0 spiro atoms.